The minimum atomic E-state index is -1.09. The van der Waals surface area contributed by atoms with Crippen LogP contribution in [-0.2, 0) is 9.59 Å². The van der Waals surface area contributed by atoms with Crippen LogP contribution >= 0.6 is 11.8 Å². The fourth-order valence-electron chi connectivity index (χ4n) is 1.39. The van der Waals surface area contributed by atoms with Crippen LogP contribution in [0.2, 0.25) is 0 Å². The van der Waals surface area contributed by atoms with E-state index in [1.165, 1.54) is 24.1 Å². The third-order valence-electron chi connectivity index (χ3n) is 2.40. The molecule has 2 amide bonds. The van der Waals surface area contributed by atoms with E-state index in [1.54, 1.807) is 6.07 Å². The maximum absolute atomic E-state index is 11.6. The Morgan fingerprint density at radius 3 is 2.75 bits per heavy atom. The van der Waals surface area contributed by atoms with E-state index in [9.17, 15) is 14.4 Å². The quantitative estimate of drug-likeness (QED) is 0.638. The molecular weight excluding hydrogens is 284 g/mol. The largest absolute Gasteiger partial charge is 0.480 e. The molecule has 0 aliphatic carbocycles. The second kappa shape index (κ2) is 8.26. The zero-order valence-corrected chi connectivity index (χ0v) is 11.7. The van der Waals surface area contributed by atoms with E-state index in [4.69, 9.17) is 9.52 Å². The van der Waals surface area contributed by atoms with Crippen molar-refractivity contribution in [1.82, 2.24) is 10.6 Å². The first-order valence-corrected chi connectivity index (χ1v) is 7.26. The van der Waals surface area contributed by atoms with Gasteiger partial charge in [0.1, 0.15) is 6.04 Å². The summed E-state index contributed by atoms with van der Waals surface area (Å²) in [5.41, 5.74) is 0. The molecular formula is C12H16N2O5S. The number of amides is 2. The molecule has 8 heteroatoms. The normalized spacial score (nSPS) is 11.7. The molecule has 0 fully saturated rings. The minimum absolute atomic E-state index is 0.0926. The maximum Gasteiger partial charge on any atom is 0.326 e. The Balaban J connectivity index is 2.38. The van der Waals surface area contributed by atoms with Gasteiger partial charge in [-0.25, -0.2) is 4.79 Å². The number of furan rings is 1. The van der Waals surface area contributed by atoms with E-state index in [0.29, 0.717) is 12.2 Å². The molecule has 0 radical (unpaired) electrons. The third-order valence-corrected chi connectivity index (χ3v) is 3.04. The number of carbonyl (C=O) groups is 3. The lowest BCUT2D eigenvalue weighted by Gasteiger charge is -2.13. The average molecular weight is 300 g/mol. The smallest absolute Gasteiger partial charge is 0.326 e. The van der Waals surface area contributed by atoms with Gasteiger partial charge < -0.3 is 20.2 Å². The lowest BCUT2D eigenvalue weighted by molar-refractivity contribution is -0.141. The molecule has 0 unspecified atom stereocenters. The predicted octanol–water partition coefficient (Wildman–Crippen LogP) is 0.332. The summed E-state index contributed by atoms with van der Waals surface area (Å²) >= 11 is 1.49. The van der Waals surface area contributed by atoms with E-state index >= 15 is 0 Å². The fraction of sp³-hybridized carbons (Fsp3) is 0.417. The summed E-state index contributed by atoms with van der Waals surface area (Å²) in [6.45, 7) is -0.303. The molecule has 3 N–H and O–H groups in total. The second-order valence-electron chi connectivity index (χ2n) is 3.90. The highest BCUT2D eigenvalue weighted by Gasteiger charge is 2.19. The van der Waals surface area contributed by atoms with Gasteiger partial charge in [0.25, 0.3) is 5.91 Å². The van der Waals surface area contributed by atoms with Crippen LogP contribution in [0, 0.1) is 0 Å². The predicted molar refractivity (Wildman–Crippen MR) is 73.6 cm³/mol. The van der Waals surface area contributed by atoms with E-state index in [-0.39, 0.29) is 12.3 Å². The molecule has 1 heterocycles. The van der Waals surface area contributed by atoms with Crippen LogP contribution in [0.1, 0.15) is 17.0 Å². The average Bonchev–Trinajstić information content (AvgIpc) is 2.94. The van der Waals surface area contributed by atoms with Crippen molar-refractivity contribution in [2.45, 2.75) is 12.5 Å². The Kier molecular flexibility index (Phi) is 6.65. The Labute approximate surface area is 120 Å². The van der Waals surface area contributed by atoms with Crippen LogP contribution in [0.5, 0.6) is 0 Å². The summed E-state index contributed by atoms with van der Waals surface area (Å²) in [6, 6.07) is 2.07. The molecule has 20 heavy (non-hydrogen) atoms. The van der Waals surface area contributed by atoms with Gasteiger partial charge >= 0.3 is 5.97 Å². The number of hydrogen-bond acceptors (Lipinski definition) is 5. The van der Waals surface area contributed by atoms with E-state index in [1.807, 2.05) is 6.26 Å². The summed E-state index contributed by atoms with van der Waals surface area (Å²) in [4.78, 5) is 34.0. The van der Waals surface area contributed by atoms with Crippen LogP contribution in [0.25, 0.3) is 0 Å². The molecule has 0 saturated carbocycles. The summed E-state index contributed by atoms with van der Waals surface area (Å²) < 4.78 is 4.86. The zero-order chi connectivity index (χ0) is 15.0. The molecule has 1 aromatic heterocycles. The number of carbonyl (C=O) groups excluding carboxylic acids is 2. The lowest BCUT2D eigenvalue weighted by Crippen LogP contribution is -2.45. The highest BCUT2D eigenvalue weighted by atomic mass is 32.2. The van der Waals surface area contributed by atoms with Crippen molar-refractivity contribution in [2.24, 2.45) is 0 Å². The van der Waals surface area contributed by atoms with Crippen molar-refractivity contribution in [1.29, 1.82) is 0 Å². The Hall–Kier alpha value is -1.96. The first-order valence-electron chi connectivity index (χ1n) is 5.87. The van der Waals surface area contributed by atoms with Crippen molar-refractivity contribution in [3.05, 3.63) is 24.2 Å². The number of thioether (sulfide) groups is 1. The lowest BCUT2D eigenvalue weighted by atomic mass is 10.2. The Morgan fingerprint density at radius 1 is 1.45 bits per heavy atom. The number of carboxylic acids is 1. The molecule has 1 aromatic rings. The standard InChI is InChI=1S/C12H16N2O5S/c1-20-6-4-8(12(17)18)14-10(15)7-13-11(16)9-3-2-5-19-9/h2-3,5,8H,4,6-7H2,1H3,(H,13,16)(H,14,15)(H,17,18)/t8-/m1/s1. The van der Waals surface area contributed by atoms with Gasteiger partial charge in [-0.3, -0.25) is 9.59 Å². The van der Waals surface area contributed by atoms with Crippen molar-refractivity contribution in [2.75, 3.05) is 18.6 Å². The van der Waals surface area contributed by atoms with E-state index in [0.717, 1.165) is 0 Å². The first-order chi connectivity index (χ1) is 9.54. The van der Waals surface area contributed by atoms with Crippen LogP contribution in [0.3, 0.4) is 0 Å². The summed E-state index contributed by atoms with van der Waals surface area (Å²) in [7, 11) is 0. The van der Waals surface area contributed by atoms with Crippen molar-refractivity contribution in [3.63, 3.8) is 0 Å². The van der Waals surface area contributed by atoms with Gasteiger partial charge in [-0.05, 0) is 30.6 Å². The number of aliphatic carboxylic acids is 1. The highest BCUT2D eigenvalue weighted by Crippen LogP contribution is 2.01. The summed E-state index contributed by atoms with van der Waals surface area (Å²) in [5.74, 6) is -1.46. The summed E-state index contributed by atoms with van der Waals surface area (Å²) in [5, 5.41) is 13.6. The molecule has 110 valence electrons. The molecule has 0 aromatic carbocycles. The Bertz CT molecular complexity index is 460. The Morgan fingerprint density at radius 2 is 2.20 bits per heavy atom. The van der Waals surface area contributed by atoms with Crippen LogP contribution in [0.15, 0.2) is 22.8 Å². The van der Waals surface area contributed by atoms with Crippen LogP contribution in [0.4, 0.5) is 0 Å². The highest BCUT2D eigenvalue weighted by molar-refractivity contribution is 7.98. The molecule has 1 atom stereocenters. The number of nitrogens with one attached hydrogen (secondary N) is 2. The number of rotatable bonds is 8. The van der Waals surface area contributed by atoms with Gasteiger partial charge in [0.05, 0.1) is 12.8 Å². The molecule has 0 saturated heterocycles. The number of carboxylic acid groups (broad SMARTS) is 1. The van der Waals surface area contributed by atoms with Gasteiger partial charge in [-0.15, -0.1) is 0 Å². The zero-order valence-electron chi connectivity index (χ0n) is 10.9. The van der Waals surface area contributed by atoms with Crippen LogP contribution in [-0.4, -0.2) is 47.5 Å². The monoisotopic (exact) mass is 300 g/mol. The van der Waals surface area contributed by atoms with E-state index in [2.05, 4.69) is 10.6 Å². The van der Waals surface area contributed by atoms with Crippen LogP contribution < -0.4 is 10.6 Å². The van der Waals surface area contributed by atoms with Gasteiger partial charge in [0.15, 0.2) is 5.76 Å². The molecule has 7 nitrogen and oxygen atoms in total. The molecule has 0 spiro atoms. The van der Waals surface area contributed by atoms with Crippen molar-refractivity contribution >= 4 is 29.5 Å². The minimum Gasteiger partial charge on any atom is -0.480 e. The maximum atomic E-state index is 11.6. The first kappa shape index (κ1) is 16.1. The molecule has 1 rings (SSSR count). The fourth-order valence-corrected chi connectivity index (χ4v) is 1.87. The van der Waals surface area contributed by atoms with Gasteiger partial charge in [-0.1, -0.05) is 0 Å². The van der Waals surface area contributed by atoms with Gasteiger partial charge in [0, 0.05) is 0 Å². The van der Waals surface area contributed by atoms with Gasteiger partial charge in [-0.2, -0.15) is 11.8 Å². The third kappa shape index (κ3) is 5.35. The van der Waals surface area contributed by atoms with Crippen molar-refractivity contribution < 1.29 is 23.9 Å². The topological polar surface area (TPSA) is 109 Å². The molecule has 0 aliphatic rings. The second-order valence-corrected chi connectivity index (χ2v) is 4.89. The SMILES string of the molecule is CSCC[C@@H](NC(=O)CNC(=O)c1ccco1)C(=O)O. The molecule has 0 aliphatic heterocycles. The molecule has 0 bridgehead atoms. The van der Waals surface area contributed by atoms with Gasteiger partial charge in [0.2, 0.25) is 5.91 Å². The number of hydrogen-bond donors (Lipinski definition) is 3. The van der Waals surface area contributed by atoms with E-state index < -0.39 is 23.8 Å². The van der Waals surface area contributed by atoms with Crippen molar-refractivity contribution in [3.8, 4) is 0 Å². The summed E-state index contributed by atoms with van der Waals surface area (Å²) in [6.07, 6.45) is 3.52.